The third kappa shape index (κ3) is 4.00. The molecule has 3 aromatic rings. The molecule has 0 radical (unpaired) electrons. The molecule has 1 N–H and O–H groups in total. The summed E-state index contributed by atoms with van der Waals surface area (Å²) in [5.41, 5.74) is 0.142. The molecule has 144 valence electrons. The zero-order valence-electron chi connectivity index (χ0n) is 14.4. The highest BCUT2D eigenvalue weighted by molar-refractivity contribution is 6.04. The smallest absolute Gasteiger partial charge is 0.306 e. The van der Waals surface area contributed by atoms with Gasteiger partial charge in [-0.1, -0.05) is 0 Å². The van der Waals surface area contributed by atoms with Gasteiger partial charge in [0.05, 0.1) is 21.9 Å². The molecular formula is C18H13F3N4O3. The van der Waals surface area contributed by atoms with E-state index in [4.69, 9.17) is 0 Å². The summed E-state index contributed by atoms with van der Waals surface area (Å²) < 4.78 is 39.3. The molecule has 0 aliphatic rings. The Hall–Kier alpha value is -3.69. The minimum Gasteiger partial charge on any atom is -0.306 e. The Morgan fingerprint density at radius 1 is 1.11 bits per heavy atom. The number of anilines is 1. The van der Waals surface area contributed by atoms with Gasteiger partial charge in [0.25, 0.3) is 11.6 Å². The summed E-state index contributed by atoms with van der Waals surface area (Å²) in [7, 11) is 0. The number of hydrogen-bond donors (Lipinski definition) is 1. The van der Waals surface area contributed by atoms with Gasteiger partial charge in [0.15, 0.2) is 0 Å². The summed E-state index contributed by atoms with van der Waals surface area (Å²) in [6.45, 7) is 1.69. The van der Waals surface area contributed by atoms with Crippen LogP contribution >= 0.6 is 0 Å². The van der Waals surface area contributed by atoms with Crippen LogP contribution < -0.4 is 5.32 Å². The number of rotatable bonds is 4. The molecule has 0 aliphatic heterocycles. The third-order valence-electron chi connectivity index (χ3n) is 3.85. The predicted molar refractivity (Wildman–Crippen MR) is 94.4 cm³/mol. The molecule has 1 aromatic heterocycles. The lowest BCUT2D eigenvalue weighted by molar-refractivity contribution is -0.384. The van der Waals surface area contributed by atoms with Crippen molar-refractivity contribution >= 4 is 17.4 Å². The maximum absolute atomic E-state index is 12.6. The molecule has 3 rings (SSSR count). The SMILES string of the molecule is Cc1cc(NC(=O)c2ccc(C(F)(F)F)cc2)n(-c2ccc([N+](=O)[O-])cc2)n1. The van der Waals surface area contributed by atoms with E-state index in [1.807, 2.05) is 0 Å². The lowest BCUT2D eigenvalue weighted by Gasteiger charge is -2.10. The van der Waals surface area contributed by atoms with E-state index < -0.39 is 22.6 Å². The Kier molecular flexibility index (Phi) is 4.87. The van der Waals surface area contributed by atoms with Gasteiger partial charge < -0.3 is 5.32 Å². The second-order valence-electron chi connectivity index (χ2n) is 5.89. The molecule has 0 fully saturated rings. The van der Waals surface area contributed by atoms with Crippen LogP contribution in [0.15, 0.2) is 54.6 Å². The Morgan fingerprint density at radius 3 is 2.25 bits per heavy atom. The Bertz CT molecular complexity index is 1030. The highest BCUT2D eigenvalue weighted by Crippen LogP contribution is 2.29. The first-order chi connectivity index (χ1) is 13.1. The molecule has 0 saturated heterocycles. The van der Waals surface area contributed by atoms with Gasteiger partial charge in [0, 0.05) is 23.8 Å². The number of aryl methyl sites for hydroxylation is 1. The summed E-state index contributed by atoms with van der Waals surface area (Å²) >= 11 is 0. The normalized spacial score (nSPS) is 11.3. The molecule has 0 unspecified atom stereocenters. The van der Waals surface area contributed by atoms with Crippen LogP contribution in [0.1, 0.15) is 21.6 Å². The molecule has 0 atom stereocenters. The number of amides is 1. The van der Waals surface area contributed by atoms with Crippen molar-refractivity contribution in [3.05, 3.63) is 81.5 Å². The number of halogens is 3. The zero-order chi connectivity index (χ0) is 20.5. The molecule has 1 heterocycles. The summed E-state index contributed by atoms with van der Waals surface area (Å²) in [6, 6.07) is 10.9. The van der Waals surface area contributed by atoms with Crippen molar-refractivity contribution in [3.63, 3.8) is 0 Å². The molecular weight excluding hydrogens is 377 g/mol. The average molecular weight is 390 g/mol. The van der Waals surface area contributed by atoms with E-state index in [1.165, 1.54) is 28.9 Å². The summed E-state index contributed by atoms with van der Waals surface area (Å²) in [5.74, 6) is -0.340. The van der Waals surface area contributed by atoms with Gasteiger partial charge in [0.2, 0.25) is 0 Å². The van der Waals surface area contributed by atoms with E-state index in [-0.39, 0.29) is 17.1 Å². The van der Waals surface area contributed by atoms with Gasteiger partial charge in [-0.3, -0.25) is 14.9 Å². The summed E-state index contributed by atoms with van der Waals surface area (Å²) in [6.07, 6.45) is -4.49. The Balaban J connectivity index is 1.85. The van der Waals surface area contributed by atoms with Crippen LogP contribution in [0.3, 0.4) is 0 Å². The second kappa shape index (κ2) is 7.14. The number of benzene rings is 2. The monoisotopic (exact) mass is 390 g/mol. The number of nitrogens with zero attached hydrogens (tertiary/aromatic N) is 3. The molecule has 7 nitrogen and oxygen atoms in total. The standard InChI is InChI=1S/C18H13F3N4O3/c1-11-10-16(24(23-11)14-6-8-15(9-7-14)25(27)28)22-17(26)12-2-4-13(5-3-12)18(19,20)21/h2-10H,1H3,(H,22,26). The fraction of sp³-hybridized carbons (Fsp3) is 0.111. The van der Waals surface area contributed by atoms with Crippen molar-refractivity contribution in [2.24, 2.45) is 0 Å². The van der Waals surface area contributed by atoms with Crippen molar-refractivity contribution in [1.82, 2.24) is 9.78 Å². The summed E-state index contributed by atoms with van der Waals surface area (Å²) in [4.78, 5) is 22.6. The lowest BCUT2D eigenvalue weighted by Crippen LogP contribution is -2.15. The number of nitrogens with one attached hydrogen (secondary N) is 1. The molecule has 0 saturated carbocycles. The van der Waals surface area contributed by atoms with Crippen molar-refractivity contribution in [2.75, 3.05) is 5.32 Å². The fourth-order valence-electron chi connectivity index (χ4n) is 2.50. The molecule has 10 heteroatoms. The Morgan fingerprint density at radius 2 is 1.71 bits per heavy atom. The number of carbonyl (C=O) groups excluding carboxylic acids is 1. The van der Waals surface area contributed by atoms with Crippen LogP contribution in [0.25, 0.3) is 5.69 Å². The lowest BCUT2D eigenvalue weighted by atomic mass is 10.1. The molecule has 0 aliphatic carbocycles. The maximum Gasteiger partial charge on any atom is 0.416 e. The van der Waals surface area contributed by atoms with Crippen LogP contribution in [-0.2, 0) is 6.18 Å². The van der Waals surface area contributed by atoms with Gasteiger partial charge in [-0.15, -0.1) is 0 Å². The maximum atomic E-state index is 12.6. The van der Waals surface area contributed by atoms with Gasteiger partial charge in [-0.2, -0.15) is 18.3 Å². The molecule has 28 heavy (non-hydrogen) atoms. The van der Waals surface area contributed by atoms with E-state index in [2.05, 4.69) is 10.4 Å². The van der Waals surface area contributed by atoms with Crippen LogP contribution in [0.2, 0.25) is 0 Å². The van der Waals surface area contributed by atoms with E-state index in [1.54, 1.807) is 13.0 Å². The fourth-order valence-corrected chi connectivity index (χ4v) is 2.50. The number of carbonyl (C=O) groups is 1. The molecule has 0 spiro atoms. The highest BCUT2D eigenvalue weighted by Gasteiger charge is 2.30. The van der Waals surface area contributed by atoms with Crippen molar-refractivity contribution in [3.8, 4) is 5.69 Å². The largest absolute Gasteiger partial charge is 0.416 e. The number of alkyl halides is 3. The number of nitro groups is 1. The van der Waals surface area contributed by atoms with E-state index in [9.17, 15) is 28.1 Å². The topological polar surface area (TPSA) is 90.1 Å². The van der Waals surface area contributed by atoms with E-state index in [0.717, 1.165) is 24.3 Å². The van der Waals surface area contributed by atoms with Crippen molar-refractivity contribution < 1.29 is 22.9 Å². The Labute approximate surface area is 156 Å². The third-order valence-corrected chi connectivity index (χ3v) is 3.85. The minimum absolute atomic E-state index is 0.0436. The first-order valence-electron chi connectivity index (χ1n) is 7.95. The molecule has 0 bridgehead atoms. The predicted octanol–water partition coefficient (Wildman–Crippen LogP) is 4.36. The number of hydrogen-bond acceptors (Lipinski definition) is 4. The first-order valence-corrected chi connectivity index (χ1v) is 7.95. The van der Waals surface area contributed by atoms with E-state index >= 15 is 0 Å². The molecule has 2 aromatic carbocycles. The summed E-state index contributed by atoms with van der Waals surface area (Å²) in [5, 5.41) is 17.6. The van der Waals surface area contributed by atoms with E-state index in [0.29, 0.717) is 11.4 Å². The second-order valence-corrected chi connectivity index (χ2v) is 5.89. The molecule has 1 amide bonds. The van der Waals surface area contributed by atoms with Gasteiger partial charge in [-0.25, -0.2) is 4.68 Å². The number of aromatic nitrogens is 2. The average Bonchev–Trinajstić information content (AvgIpc) is 3.01. The van der Waals surface area contributed by atoms with Crippen molar-refractivity contribution in [2.45, 2.75) is 13.1 Å². The minimum atomic E-state index is -4.49. The van der Waals surface area contributed by atoms with Gasteiger partial charge >= 0.3 is 6.18 Å². The quantitative estimate of drug-likeness (QED) is 0.529. The van der Waals surface area contributed by atoms with Crippen LogP contribution in [0.4, 0.5) is 24.7 Å². The first kappa shape index (κ1) is 19.1. The van der Waals surface area contributed by atoms with Crippen LogP contribution in [-0.4, -0.2) is 20.6 Å². The van der Waals surface area contributed by atoms with Crippen molar-refractivity contribution in [1.29, 1.82) is 0 Å². The van der Waals surface area contributed by atoms with Crippen LogP contribution in [0.5, 0.6) is 0 Å². The van der Waals surface area contributed by atoms with Crippen LogP contribution in [0, 0.1) is 17.0 Å². The van der Waals surface area contributed by atoms with Gasteiger partial charge in [-0.05, 0) is 43.3 Å². The number of non-ortho nitro benzene ring substituents is 1. The zero-order valence-corrected chi connectivity index (χ0v) is 14.4. The highest BCUT2D eigenvalue weighted by atomic mass is 19.4. The number of nitro benzene ring substituents is 1. The van der Waals surface area contributed by atoms with Gasteiger partial charge in [0.1, 0.15) is 5.82 Å².